The molecule has 0 spiro atoms. The van der Waals surface area contributed by atoms with E-state index in [-0.39, 0.29) is 5.54 Å². The molecule has 1 N–H and O–H groups in total. The fraction of sp³-hybridized carbons (Fsp3) is 0.400. The molecule has 0 bridgehead atoms. The summed E-state index contributed by atoms with van der Waals surface area (Å²) >= 11 is 0. The normalized spacial score (nSPS) is 22.8. The number of anilines is 1. The Labute approximate surface area is 121 Å². The van der Waals surface area contributed by atoms with E-state index in [0.29, 0.717) is 18.5 Å². The zero-order chi connectivity index (χ0) is 15.5. The van der Waals surface area contributed by atoms with Crippen molar-refractivity contribution in [3.63, 3.8) is 0 Å². The van der Waals surface area contributed by atoms with E-state index in [1.54, 1.807) is 12.3 Å². The van der Waals surface area contributed by atoms with Gasteiger partial charge in [0.25, 0.3) is 0 Å². The molecule has 0 radical (unpaired) electrons. The van der Waals surface area contributed by atoms with Crippen molar-refractivity contribution in [3.05, 3.63) is 42.1 Å². The van der Waals surface area contributed by atoms with Crippen LogP contribution in [0.4, 0.5) is 18.9 Å². The Morgan fingerprint density at radius 1 is 1.38 bits per heavy atom. The third kappa shape index (κ3) is 4.00. The number of hydrogen-bond donors (Lipinski definition) is 1. The van der Waals surface area contributed by atoms with Crippen LogP contribution in [-0.4, -0.2) is 29.8 Å². The number of hydrogen-bond acceptors (Lipinski definition) is 3. The number of aldehydes is 1. The van der Waals surface area contributed by atoms with Crippen LogP contribution in [0.1, 0.15) is 18.9 Å². The maximum absolute atomic E-state index is 12.7. The lowest BCUT2D eigenvalue weighted by atomic mass is 10.0. The molecule has 0 aliphatic carbocycles. The summed E-state index contributed by atoms with van der Waals surface area (Å²) < 4.78 is 38.1. The second-order valence-electron chi connectivity index (χ2n) is 5.46. The molecule has 6 heteroatoms. The Balaban J connectivity index is 2.08. The summed E-state index contributed by atoms with van der Waals surface area (Å²) in [6.45, 7) is 3.35. The van der Waals surface area contributed by atoms with Crippen LogP contribution in [0.5, 0.6) is 0 Å². The standard InChI is InChI=1S/C15H17F3N2O/c1-14(6-8-20(11-14)7-3-9-21)19-13-5-2-4-12(10-13)15(16,17)18/h2-5,7,9-10,19H,6,8,11H2,1H3/t14-/m1/s1. The van der Waals surface area contributed by atoms with Crippen LogP contribution >= 0.6 is 0 Å². The minimum atomic E-state index is -4.34. The molecule has 3 nitrogen and oxygen atoms in total. The molecule has 0 aromatic heterocycles. The lowest BCUT2D eigenvalue weighted by Gasteiger charge is -2.27. The van der Waals surface area contributed by atoms with Gasteiger partial charge in [0.2, 0.25) is 0 Å². The monoisotopic (exact) mass is 298 g/mol. The molecular formula is C15H17F3N2O. The number of allylic oxidation sites excluding steroid dienone is 1. The van der Waals surface area contributed by atoms with Gasteiger partial charge in [0.15, 0.2) is 0 Å². The van der Waals surface area contributed by atoms with Gasteiger partial charge in [-0.05, 0) is 37.6 Å². The number of nitrogens with zero attached hydrogens (tertiary/aromatic N) is 1. The van der Waals surface area contributed by atoms with E-state index in [2.05, 4.69) is 5.32 Å². The Hall–Kier alpha value is -1.98. The van der Waals surface area contributed by atoms with Gasteiger partial charge in [-0.2, -0.15) is 13.2 Å². The second-order valence-corrected chi connectivity index (χ2v) is 5.46. The van der Waals surface area contributed by atoms with Crippen molar-refractivity contribution >= 4 is 12.0 Å². The van der Waals surface area contributed by atoms with E-state index in [1.807, 2.05) is 11.8 Å². The molecule has 1 aliphatic heterocycles. The summed E-state index contributed by atoms with van der Waals surface area (Å²) in [7, 11) is 0. The van der Waals surface area contributed by atoms with E-state index in [9.17, 15) is 18.0 Å². The van der Waals surface area contributed by atoms with Crippen molar-refractivity contribution in [2.24, 2.45) is 0 Å². The highest BCUT2D eigenvalue weighted by Crippen LogP contribution is 2.32. The molecule has 1 aliphatic rings. The third-order valence-electron chi connectivity index (χ3n) is 3.51. The molecule has 1 saturated heterocycles. The van der Waals surface area contributed by atoms with E-state index in [1.165, 1.54) is 12.1 Å². The lowest BCUT2D eigenvalue weighted by molar-refractivity contribution is -0.137. The summed E-state index contributed by atoms with van der Waals surface area (Å²) in [6, 6.07) is 5.20. The number of alkyl halides is 3. The van der Waals surface area contributed by atoms with Crippen LogP contribution in [0, 0.1) is 0 Å². The van der Waals surface area contributed by atoms with Gasteiger partial charge in [0, 0.05) is 25.0 Å². The van der Waals surface area contributed by atoms with Crippen molar-refractivity contribution < 1.29 is 18.0 Å². The summed E-state index contributed by atoms with van der Waals surface area (Å²) in [5.74, 6) is 0. The molecule has 0 amide bonds. The van der Waals surface area contributed by atoms with Gasteiger partial charge in [0.1, 0.15) is 6.29 Å². The summed E-state index contributed by atoms with van der Waals surface area (Å²) in [6.07, 6.45) is 0.261. The Morgan fingerprint density at radius 3 is 2.81 bits per heavy atom. The van der Waals surface area contributed by atoms with Crippen LogP contribution in [-0.2, 0) is 11.0 Å². The first-order valence-electron chi connectivity index (χ1n) is 6.64. The molecular weight excluding hydrogens is 281 g/mol. The predicted octanol–water partition coefficient (Wildman–Crippen LogP) is 3.29. The van der Waals surface area contributed by atoms with Gasteiger partial charge in [-0.15, -0.1) is 0 Å². The first-order valence-corrected chi connectivity index (χ1v) is 6.64. The minimum absolute atomic E-state index is 0.322. The molecule has 0 saturated carbocycles. The molecule has 1 fully saturated rings. The van der Waals surface area contributed by atoms with Crippen LogP contribution in [0.25, 0.3) is 0 Å². The quantitative estimate of drug-likeness (QED) is 0.684. The Kier molecular flexibility index (Phi) is 4.25. The van der Waals surface area contributed by atoms with E-state index in [4.69, 9.17) is 0 Å². The van der Waals surface area contributed by atoms with Crippen molar-refractivity contribution in [1.82, 2.24) is 4.90 Å². The van der Waals surface area contributed by atoms with Crippen LogP contribution < -0.4 is 5.32 Å². The number of likely N-dealkylation sites (tertiary alicyclic amines) is 1. The Morgan fingerprint density at radius 2 is 2.14 bits per heavy atom. The number of benzene rings is 1. The highest BCUT2D eigenvalue weighted by molar-refractivity contribution is 5.64. The van der Waals surface area contributed by atoms with Crippen molar-refractivity contribution in [3.8, 4) is 0 Å². The van der Waals surface area contributed by atoms with Gasteiger partial charge in [-0.3, -0.25) is 4.79 Å². The zero-order valence-electron chi connectivity index (χ0n) is 11.7. The number of halogens is 3. The minimum Gasteiger partial charge on any atom is -0.378 e. The largest absolute Gasteiger partial charge is 0.416 e. The number of carbonyl (C=O) groups excluding carboxylic acids is 1. The maximum atomic E-state index is 12.7. The van der Waals surface area contributed by atoms with Gasteiger partial charge in [-0.1, -0.05) is 6.07 Å². The van der Waals surface area contributed by atoms with Crippen LogP contribution in [0.2, 0.25) is 0 Å². The van der Waals surface area contributed by atoms with E-state index < -0.39 is 11.7 Å². The zero-order valence-corrected chi connectivity index (χ0v) is 11.7. The molecule has 1 aromatic rings. The molecule has 21 heavy (non-hydrogen) atoms. The fourth-order valence-electron chi connectivity index (χ4n) is 2.50. The number of nitrogens with one attached hydrogen (secondary N) is 1. The fourth-order valence-corrected chi connectivity index (χ4v) is 2.50. The van der Waals surface area contributed by atoms with Crippen LogP contribution in [0.3, 0.4) is 0 Å². The first kappa shape index (κ1) is 15.4. The molecule has 1 aromatic carbocycles. The summed E-state index contributed by atoms with van der Waals surface area (Å²) in [5.41, 5.74) is -0.530. The molecule has 1 atom stereocenters. The topological polar surface area (TPSA) is 32.3 Å². The second kappa shape index (κ2) is 5.79. The summed E-state index contributed by atoms with van der Waals surface area (Å²) in [5, 5.41) is 3.17. The molecule has 114 valence electrons. The van der Waals surface area contributed by atoms with E-state index in [0.717, 1.165) is 25.1 Å². The molecule has 2 rings (SSSR count). The van der Waals surface area contributed by atoms with Gasteiger partial charge < -0.3 is 10.2 Å². The smallest absolute Gasteiger partial charge is 0.378 e. The summed E-state index contributed by atoms with van der Waals surface area (Å²) in [4.78, 5) is 12.3. The van der Waals surface area contributed by atoms with Crippen molar-refractivity contribution in [1.29, 1.82) is 0 Å². The van der Waals surface area contributed by atoms with E-state index >= 15 is 0 Å². The number of carbonyl (C=O) groups is 1. The SMILES string of the molecule is C[C@@]1(Nc2cccc(C(F)(F)F)c2)CCN(C=CC=O)C1. The highest BCUT2D eigenvalue weighted by atomic mass is 19.4. The van der Waals surface area contributed by atoms with Crippen molar-refractivity contribution in [2.45, 2.75) is 25.1 Å². The Bertz CT molecular complexity index is 542. The van der Waals surface area contributed by atoms with Gasteiger partial charge in [-0.25, -0.2) is 0 Å². The van der Waals surface area contributed by atoms with Gasteiger partial charge in [0.05, 0.1) is 11.1 Å². The third-order valence-corrected chi connectivity index (χ3v) is 3.51. The number of rotatable bonds is 4. The maximum Gasteiger partial charge on any atom is 0.416 e. The average molecular weight is 298 g/mol. The average Bonchev–Trinajstić information content (AvgIpc) is 2.77. The predicted molar refractivity (Wildman–Crippen MR) is 74.9 cm³/mol. The molecule has 1 heterocycles. The van der Waals surface area contributed by atoms with Gasteiger partial charge >= 0.3 is 6.18 Å². The van der Waals surface area contributed by atoms with Crippen molar-refractivity contribution in [2.75, 3.05) is 18.4 Å². The first-order chi connectivity index (χ1) is 9.82. The van der Waals surface area contributed by atoms with Crippen LogP contribution in [0.15, 0.2) is 36.5 Å². The molecule has 0 unspecified atom stereocenters. The lowest BCUT2D eigenvalue weighted by Crippen LogP contribution is -2.37. The highest BCUT2D eigenvalue weighted by Gasteiger charge is 2.34.